The average molecular weight is 598 g/mol. The zero-order chi connectivity index (χ0) is 31.0. The van der Waals surface area contributed by atoms with Gasteiger partial charge in [-0.2, -0.15) is 15.2 Å². The molecule has 2 saturated heterocycles. The molecule has 44 heavy (non-hydrogen) atoms. The van der Waals surface area contributed by atoms with Crippen molar-refractivity contribution in [2.45, 2.75) is 38.3 Å². The van der Waals surface area contributed by atoms with Gasteiger partial charge in [0.2, 0.25) is 0 Å². The maximum atomic E-state index is 16.6. The van der Waals surface area contributed by atoms with Crippen LogP contribution in [0.15, 0.2) is 55.0 Å². The second-order valence-electron chi connectivity index (χ2n) is 11.4. The van der Waals surface area contributed by atoms with Gasteiger partial charge in [-0.15, -0.1) is 0 Å². The first-order chi connectivity index (χ1) is 21.3. The highest BCUT2D eigenvalue weighted by atomic mass is 19.1. The van der Waals surface area contributed by atoms with E-state index in [9.17, 15) is 14.4 Å². The van der Waals surface area contributed by atoms with Crippen molar-refractivity contribution in [3.8, 4) is 23.2 Å². The summed E-state index contributed by atoms with van der Waals surface area (Å²) in [5.74, 6) is -2.14. The Balaban J connectivity index is 1.45. The van der Waals surface area contributed by atoms with Gasteiger partial charge in [0.05, 0.1) is 18.5 Å². The van der Waals surface area contributed by atoms with Crippen LogP contribution < -0.4 is 9.64 Å². The van der Waals surface area contributed by atoms with Crippen LogP contribution in [0, 0.1) is 24.1 Å². The molecule has 2 fully saturated rings. The quantitative estimate of drug-likeness (QED) is 0.269. The van der Waals surface area contributed by atoms with Crippen molar-refractivity contribution in [1.82, 2.24) is 24.8 Å². The van der Waals surface area contributed by atoms with Gasteiger partial charge in [-0.1, -0.05) is 43.0 Å². The summed E-state index contributed by atoms with van der Waals surface area (Å²) in [5.41, 5.74) is 2.27. The third kappa shape index (κ3) is 5.42. The molecule has 11 heteroatoms. The Morgan fingerprint density at radius 2 is 1.91 bits per heavy atom. The van der Waals surface area contributed by atoms with E-state index in [0.29, 0.717) is 23.6 Å². The van der Waals surface area contributed by atoms with E-state index in [1.165, 1.54) is 11.1 Å². The molecule has 0 N–H and O–H groups in total. The normalized spacial score (nSPS) is 19.0. The molecule has 9 nitrogen and oxygen atoms in total. The molecule has 2 aliphatic rings. The minimum absolute atomic E-state index is 0.0142. The lowest BCUT2D eigenvalue weighted by atomic mass is 9.95. The predicted molar refractivity (Wildman–Crippen MR) is 164 cm³/mol. The van der Waals surface area contributed by atoms with Gasteiger partial charge in [0.15, 0.2) is 17.5 Å². The summed E-state index contributed by atoms with van der Waals surface area (Å²) in [6, 6.07) is 13.4. The predicted octanol–water partition coefficient (Wildman–Crippen LogP) is 5.18. The van der Waals surface area contributed by atoms with E-state index in [-0.39, 0.29) is 49.1 Å². The molecule has 4 aromatic rings. The minimum Gasteiger partial charge on any atom is -0.462 e. The second kappa shape index (κ2) is 12.1. The third-order valence-electron chi connectivity index (χ3n) is 8.69. The smallest absolute Gasteiger partial charge is 0.319 e. The summed E-state index contributed by atoms with van der Waals surface area (Å²) in [6.45, 7) is 6.98. The summed E-state index contributed by atoms with van der Waals surface area (Å²) in [7, 11) is 2.04. The first kappa shape index (κ1) is 29.4. The summed E-state index contributed by atoms with van der Waals surface area (Å²) >= 11 is 0. The molecule has 0 radical (unpaired) electrons. The van der Waals surface area contributed by atoms with Crippen LogP contribution in [-0.4, -0.2) is 82.6 Å². The largest absolute Gasteiger partial charge is 0.462 e. The molecule has 2 aromatic carbocycles. The van der Waals surface area contributed by atoms with E-state index in [4.69, 9.17) is 4.74 Å². The molecule has 4 heterocycles. The van der Waals surface area contributed by atoms with Gasteiger partial charge in [-0.05, 0) is 55.3 Å². The fourth-order valence-corrected chi connectivity index (χ4v) is 6.35. The molecule has 1 amide bonds. The van der Waals surface area contributed by atoms with Gasteiger partial charge in [-0.25, -0.2) is 13.8 Å². The Morgan fingerprint density at radius 1 is 1.11 bits per heavy atom. The molecular formula is C33H33F2N7O2. The Bertz CT molecular complexity index is 1800. The number of benzene rings is 2. The topological polar surface area (TPSA) is 98.5 Å². The summed E-state index contributed by atoms with van der Waals surface area (Å²) < 4.78 is 36.5. The first-order valence-corrected chi connectivity index (χ1v) is 14.7. The zero-order valence-electron chi connectivity index (χ0n) is 24.8. The number of hydrogen-bond donors (Lipinski definition) is 0. The van der Waals surface area contributed by atoms with Gasteiger partial charge in [-0.3, -0.25) is 4.79 Å². The van der Waals surface area contributed by atoms with Crippen LogP contribution in [0.1, 0.15) is 24.8 Å². The number of aromatic nitrogens is 3. The number of carbonyl (C=O) groups excluding carboxylic acids is 1. The number of nitriles is 1. The molecule has 2 aliphatic heterocycles. The van der Waals surface area contributed by atoms with E-state index >= 15 is 4.39 Å². The van der Waals surface area contributed by atoms with Gasteiger partial charge < -0.3 is 19.4 Å². The molecule has 2 aromatic heterocycles. The number of carbonyl (C=O) groups is 1. The molecule has 226 valence electrons. The highest BCUT2D eigenvalue weighted by molar-refractivity contribution is 6.01. The maximum absolute atomic E-state index is 16.6. The first-order valence-electron chi connectivity index (χ1n) is 14.7. The Morgan fingerprint density at radius 3 is 2.64 bits per heavy atom. The van der Waals surface area contributed by atoms with Crippen molar-refractivity contribution in [3.05, 3.63) is 66.4 Å². The van der Waals surface area contributed by atoms with Gasteiger partial charge in [0.1, 0.15) is 17.6 Å². The Hall–Kier alpha value is -4.69. The lowest BCUT2D eigenvalue weighted by molar-refractivity contribution is -0.131. The van der Waals surface area contributed by atoms with E-state index in [1.54, 1.807) is 0 Å². The molecule has 1 unspecified atom stereocenters. The standard InChI is InChI=1S/C33H33F2N7O2/c1-20-7-4-8-22-9-5-11-25(27(20)22)26-17-37-30-29(28(26)35)38-33(44-19-24-10-6-14-40(24)3)39-31(30)41-15-16-42(32(43)21(2)34)23(18-41)12-13-36/h4-5,7-9,11,17,23-24H,2,6,10,12,14-16,18-19H2,1,3H3/t23-,24?/m0/s1. The van der Waals surface area contributed by atoms with Crippen LogP contribution in [0.3, 0.4) is 0 Å². The van der Waals surface area contributed by atoms with E-state index in [0.717, 1.165) is 35.7 Å². The average Bonchev–Trinajstić information content (AvgIpc) is 3.44. The number of likely N-dealkylation sites (tertiary alicyclic amines) is 1. The fraction of sp³-hybridized carbons (Fsp3) is 0.364. The van der Waals surface area contributed by atoms with Crippen LogP contribution in [0.25, 0.3) is 32.9 Å². The number of hydrogen-bond acceptors (Lipinski definition) is 8. The fourth-order valence-electron chi connectivity index (χ4n) is 6.35. The van der Waals surface area contributed by atoms with Crippen molar-refractivity contribution >= 4 is 33.5 Å². The molecule has 0 aliphatic carbocycles. The van der Waals surface area contributed by atoms with E-state index < -0.39 is 23.6 Å². The number of nitrogens with zero attached hydrogens (tertiary/aromatic N) is 7. The number of fused-ring (bicyclic) bond motifs is 2. The number of halogens is 2. The maximum Gasteiger partial charge on any atom is 0.319 e. The van der Waals surface area contributed by atoms with Crippen LogP contribution in [-0.2, 0) is 4.79 Å². The summed E-state index contributed by atoms with van der Waals surface area (Å²) in [6.07, 6.45) is 3.51. The Kier molecular flexibility index (Phi) is 8.10. The van der Waals surface area contributed by atoms with Crippen LogP contribution >= 0.6 is 0 Å². The van der Waals surface area contributed by atoms with E-state index in [2.05, 4.69) is 32.5 Å². The third-order valence-corrected chi connectivity index (χ3v) is 8.69. The molecule has 6 rings (SSSR count). The van der Waals surface area contributed by atoms with Crippen LogP contribution in [0.5, 0.6) is 6.01 Å². The molecule has 0 spiro atoms. The number of amides is 1. The number of anilines is 1. The van der Waals surface area contributed by atoms with Crippen LogP contribution in [0.2, 0.25) is 0 Å². The van der Waals surface area contributed by atoms with E-state index in [1.807, 2.05) is 55.3 Å². The van der Waals surface area contributed by atoms with Crippen molar-refractivity contribution < 1.29 is 18.3 Å². The van der Waals surface area contributed by atoms with Gasteiger partial charge in [0, 0.05) is 37.4 Å². The van der Waals surface area contributed by atoms with Crippen molar-refractivity contribution in [3.63, 3.8) is 0 Å². The van der Waals surface area contributed by atoms with Crippen molar-refractivity contribution in [2.24, 2.45) is 0 Å². The number of likely N-dealkylation sites (N-methyl/N-ethyl adjacent to an activating group) is 1. The molecule has 0 bridgehead atoms. The molecular weight excluding hydrogens is 564 g/mol. The number of aryl methyl sites for hydroxylation is 1. The summed E-state index contributed by atoms with van der Waals surface area (Å²) in [4.78, 5) is 31.7. The van der Waals surface area contributed by atoms with Gasteiger partial charge in [0.25, 0.3) is 5.91 Å². The summed E-state index contributed by atoms with van der Waals surface area (Å²) in [5, 5.41) is 11.4. The lowest BCUT2D eigenvalue weighted by Gasteiger charge is -2.41. The monoisotopic (exact) mass is 597 g/mol. The number of piperazine rings is 1. The zero-order valence-corrected chi connectivity index (χ0v) is 24.8. The highest BCUT2D eigenvalue weighted by Crippen LogP contribution is 2.37. The number of pyridine rings is 1. The minimum atomic E-state index is -1.08. The highest BCUT2D eigenvalue weighted by Gasteiger charge is 2.34. The Labute approximate surface area is 254 Å². The number of rotatable bonds is 7. The molecule has 2 atom stereocenters. The van der Waals surface area contributed by atoms with Gasteiger partial charge >= 0.3 is 6.01 Å². The number of ether oxygens (including phenoxy) is 1. The second-order valence-corrected chi connectivity index (χ2v) is 11.4. The van der Waals surface area contributed by atoms with Crippen molar-refractivity contribution in [1.29, 1.82) is 5.26 Å². The SMILES string of the molecule is C=C(F)C(=O)N1CCN(c2nc(OCC3CCCN3C)nc3c(F)c(-c4cccc5cccc(C)c45)cnc23)C[C@@H]1CC#N. The van der Waals surface area contributed by atoms with Crippen LogP contribution in [0.4, 0.5) is 14.6 Å². The lowest BCUT2D eigenvalue weighted by Crippen LogP contribution is -2.55. The van der Waals surface area contributed by atoms with Crippen molar-refractivity contribution in [2.75, 3.05) is 44.7 Å². The molecule has 0 saturated carbocycles.